The number of nitrogens with zero attached hydrogens (tertiary/aromatic N) is 5. The van der Waals surface area contributed by atoms with Gasteiger partial charge in [0.15, 0.2) is 5.13 Å². The largest absolute Gasteiger partial charge is 0.347 e. The van der Waals surface area contributed by atoms with Crippen LogP contribution in [-0.4, -0.2) is 32.6 Å². The van der Waals surface area contributed by atoms with E-state index < -0.39 is 0 Å². The lowest BCUT2D eigenvalue weighted by Crippen LogP contribution is -2.48. The van der Waals surface area contributed by atoms with Crippen LogP contribution in [0.5, 0.6) is 0 Å². The number of hydrogen-bond acceptors (Lipinski definition) is 5. The predicted molar refractivity (Wildman–Crippen MR) is 84.7 cm³/mol. The fourth-order valence-electron chi connectivity index (χ4n) is 2.84. The highest BCUT2D eigenvalue weighted by atomic mass is 32.1. The minimum absolute atomic E-state index is 0.689. The van der Waals surface area contributed by atoms with Crippen LogP contribution in [0.1, 0.15) is 12.7 Å². The highest BCUT2D eigenvalue weighted by molar-refractivity contribution is 7.22. The Morgan fingerprint density at radius 2 is 2.24 bits per heavy atom. The molecule has 3 aromatic heterocycles. The number of hydrogen-bond donors (Lipinski definition) is 0. The van der Waals surface area contributed by atoms with Crippen LogP contribution in [-0.2, 0) is 13.0 Å². The maximum atomic E-state index is 4.66. The van der Waals surface area contributed by atoms with Crippen LogP contribution in [0.2, 0.25) is 0 Å². The molecule has 108 valence electrons. The molecule has 0 aliphatic carbocycles. The summed E-state index contributed by atoms with van der Waals surface area (Å²) in [6.45, 7) is 5.37. The van der Waals surface area contributed by atoms with Crippen LogP contribution in [0.15, 0.2) is 30.9 Å². The smallest absolute Gasteiger partial charge is 0.186 e. The Balaban J connectivity index is 1.42. The number of aryl methyl sites for hydroxylation is 1. The van der Waals surface area contributed by atoms with Crippen LogP contribution >= 0.6 is 11.3 Å². The fourth-order valence-corrected chi connectivity index (χ4v) is 3.79. The Hall–Kier alpha value is -1.95. The van der Waals surface area contributed by atoms with E-state index >= 15 is 0 Å². The third-order valence-corrected chi connectivity index (χ3v) is 5.08. The number of anilines is 1. The summed E-state index contributed by atoms with van der Waals surface area (Å²) in [4.78, 5) is 15.5. The van der Waals surface area contributed by atoms with Crippen molar-refractivity contribution in [1.82, 2.24) is 19.5 Å². The summed E-state index contributed by atoms with van der Waals surface area (Å²) in [5.41, 5.74) is 1.00. The van der Waals surface area contributed by atoms with Gasteiger partial charge in [0.05, 0.1) is 10.9 Å². The molecule has 4 rings (SSSR count). The van der Waals surface area contributed by atoms with Gasteiger partial charge in [-0.2, -0.15) is 0 Å². The van der Waals surface area contributed by atoms with E-state index in [0.29, 0.717) is 5.92 Å². The second-order valence-corrected chi connectivity index (χ2v) is 6.47. The van der Waals surface area contributed by atoms with Crippen LogP contribution in [0.4, 0.5) is 5.13 Å². The van der Waals surface area contributed by atoms with Gasteiger partial charge in [-0.1, -0.05) is 18.3 Å². The topological polar surface area (TPSA) is 46.8 Å². The highest BCUT2D eigenvalue weighted by Gasteiger charge is 2.29. The zero-order chi connectivity index (χ0) is 14.2. The molecule has 0 unspecified atom stereocenters. The van der Waals surface area contributed by atoms with Crippen molar-refractivity contribution in [3.63, 3.8) is 0 Å². The molecule has 5 nitrogen and oxygen atoms in total. The normalized spacial score (nSPS) is 15.6. The predicted octanol–water partition coefficient (Wildman–Crippen LogP) is 2.59. The van der Waals surface area contributed by atoms with Gasteiger partial charge in [0, 0.05) is 50.6 Å². The molecule has 0 atom stereocenters. The van der Waals surface area contributed by atoms with Gasteiger partial charge >= 0.3 is 0 Å². The van der Waals surface area contributed by atoms with Crippen molar-refractivity contribution in [3.05, 3.63) is 36.7 Å². The molecule has 21 heavy (non-hydrogen) atoms. The molecule has 0 saturated carbocycles. The van der Waals surface area contributed by atoms with Crippen LogP contribution < -0.4 is 4.90 Å². The second-order valence-electron chi connectivity index (χ2n) is 5.46. The summed E-state index contributed by atoms with van der Waals surface area (Å²) in [7, 11) is 0. The number of imidazole rings is 1. The maximum absolute atomic E-state index is 4.66. The zero-order valence-electron chi connectivity index (χ0n) is 11.9. The molecule has 6 heteroatoms. The Labute approximate surface area is 127 Å². The highest BCUT2D eigenvalue weighted by Crippen LogP contribution is 2.32. The van der Waals surface area contributed by atoms with Crippen molar-refractivity contribution < 1.29 is 0 Å². The van der Waals surface area contributed by atoms with Crippen LogP contribution in [0.3, 0.4) is 0 Å². The van der Waals surface area contributed by atoms with Gasteiger partial charge < -0.3 is 9.47 Å². The summed E-state index contributed by atoms with van der Waals surface area (Å²) in [5.74, 6) is 1.87. The van der Waals surface area contributed by atoms with Gasteiger partial charge in [-0.3, -0.25) is 4.98 Å². The van der Waals surface area contributed by atoms with Crippen molar-refractivity contribution >= 4 is 26.7 Å². The third-order valence-electron chi connectivity index (χ3n) is 3.98. The lowest BCUT2D eigenvalue weighted by Gasteiger charge is -2.39. The molecule has 3 aromatic rings. The Kier molecular flexibility index (Phi) is 3.11. The first-order valence-electron chi connectivity index (χ1n) is 7.29. The van der Waals surface area contributed by atoms with E-state index in [1.54, 1.807) is 11.3 Å². The van der Waals surface area contributed by atoms with E-state index in [2.05, 4.69) is 37.5 Å². The monoisotopic (exact) mass is 299 g/mol. The molecule has 1 aliphatic heterocycles. The molecule has 0 N–H and O–H groups in total. The van der Waals surface area contributed by atoms with Gasteiger partial charge in [0.1, 0.15) is 11.3 Å². The van der Waals surface area contributed by atoms with Crippen LogP contribution in [0.25, 0.3) is 10.2 Å². The summed E-state index contributed by atoms with van der Waals surface area (Å²) in [6, 6.07) is 2.03. The number of fused-ring (bicyclic) bond motifs is 1. The number of aromatic nitrogens is 4. The molecule has 0 bridgehead atoms. The molecule has 0 aromatic carbocycles. The molecular formula is C15H17N5S. The van der Waals surface area contributed by atoms with Gasteiger partial charge in [-0.25, -0.2) is 9.97 Å². The average molecular weight is 299 g/mol. The van der Waals surface area contributed by atoms with E-state index in [1.807, 2.05) is 24.7 Å². The summed E-state index contributed by atoms with van der Waals surface area (Å²) >= 11 is 1.75. The quantitative estimate of drug-likeness (QED) is 0.743. The van der Waals surface area contributed by atoms with Crippen LogP contribution in [0, 0.1) is 5.92 Å². The lowest BCUT2D eigenvalue weighted by molar-refractivity contribution is 0.353. The van der Waals surface area contributed by atoms with Gasteiger partial charge in [0.25, 0.3) is 0 Å². The van der Waals surface area contributed by atoms with E-state index in [0.717, 1.165) is 36.7 Å². The van der Waals surface area contributed by atoms with Crippen molar-refractivity contribution in [2.24, 2.45) is 5.92 Å². The molecule has 1 saturated heterocycles. The number of rotatable bonds is 4. The molecule has 0 radical (unpaired) electrons. The van der Waals surface area contributed by atoms with Crippen molar-refractivity contribution in [2.75, 3.05) is 18.0 Å². The third kappa shape index (κ3) is 2.29. The second kappa shape index (κ2) is 5.11. The number of thiazole rings is 1. The zero-order valence-corrected chi connectivity index (χ0v) is 12.8. The summed E-state index contributed by atoms with van der Waals surface area (Å²) in [5, 5.41) is 1.12. The molecular weight excluding hydrogens is 282 g/mol. The summed E-state index contributed by atoms with van der Waals surface area (Å²) < 4.78 is 3.50. The minimum Gasteiger partial charge on any atom is -0.347 e. The first kappa shape index (κ1) is 12.8. The van der Waals surface area contributed by atoms with Crippen molar-refractivity contribution in [3.8, 4) is 0 Å². The van der Waals surface area contributed by atoms with Gasteiger partial charge in [-0.15, -0.1) is 0 Å². The minimum atomic E-state index is 0.689. The molecule has 1 aliphatic rings. The standard InChI is InChI=1S/C15H17N5S/c1-2-14-17-5-6-19(14)8-11-9-20(10-11)15-18-12-7-16-4-3-13(12)21-15/h3-7,11H,2,8-10H2,1H3. The Morgan fingerprint density at radius 3 is 3.05 bits per heavy atom. The Bertz CT molecular complexity index is 723. The molecule has 4 heterocycles. The van der Waals surface area contributed by atoms with E-state index in [-0.39, 0.29) is 0 Å². The Morgan fingerprint density at radius 1 is 1.33 bits per heavy atom. The van der Waals surface area contributed by atoms with Gasteiger partial charge in [-0.05, 0) is 6.07 Å². The fraction of sp³-hybridized carbons (Fsp3) is 0.400. The molecule has 0 spiro atoms. The van der Waals surface area contributed by atoms with Crippen molar-refractivity contribution in [1.29, 1.82) is 0 Å². The van der Waals surface area contributed by atoms with Crippen molar-refractivity contribution in [2.45, 2.75) is 19.9 Å². The molecule has 1 fully saturated rings. The lowest BCUT2D eigenvalue weighted by atomic mass is 10.0. The first-order chi connectivity index (χ1) is 10.3. The number of pyridine rings is 1. The maximum Gasteiger partial charge on any atom is 0.186 e. The van der Waals surface area contributed by atoms with E-state index in [4.69, 9.17) is 0 Å². The molecule has 0 amide bonds. The van der Waals surface area contributed by atoms with E-state index in [9.17, 15) is 0 Å². The SMILES string of the molecule is CCc1nccn1CC1CN(c2nc3cnccc3s2)C1. The van der Waals surface area contributed by atoms with Gasteiger partial charge in [0.2, 0.25) is 0 Å². The average Bonchev–Trinajstić information content (AvgIpc) is 3.07. The summed E-state index contributed by atoms with van der Waals surface area (Å²) in [6.07, 6.45) is 8.65. The van der Waals surface area contributed by atoms with E-state index in [1.165, 1.54) is 10.5 Å². The first-order valence-corrected chi connectivity index (χ1v) is 8.10.